The van der Waals surface area contributed by atoms with Crippen LogP contribution in [0.3, 0.4) is 0 Å². The molecule has 3 saturated carbocycles. The molecule has 3 N–H and O–H groups in total. The lowest BCUT2D eigenvalue weighted by Crippen LogP contribution is -2.56. The number of Topliss-reactive ketones (excluding diaryl/α,β-unsaturated/α-hetero) is 2. The summed E-state index contributed by atoms with van der Waals surface area (Å²) in [5.74, 6) is -2.67. The van der Waals surface area contributed by atoms with Crippen LogP contribution in [0.15, 0.2) is 48.5 Å². The maximum atomic E-state index is 14.5. The predicted octanol–water partition coefficient (Wildman–Crippen LogP) is 5.75. The van der Waals surface area contributed by atoms with Gasteiger partial charge in [0.2, 0.25) is 11.8 Å². The Hall–Kier alpha value is -4.21. The van der Waals surface area contributed by atoms with Gasteiger partial charge in [0, 0.05) is 30.7 Å². The van der Waals surface area contributed by atoms with Gasteiger partial charge in [0.1, 0.15) is 29.4 Å². The van der Waals surface area contributed by atoms with Gasteiger partial charge in [-0.15, -0.1) is 0 Å². The molecule has 5 rings (SSSR count). The number of methoxy groups -OCH3 is 1. The topological polar surface area (TPSA) is 148 Å². The van der Waals surface area contributed by atoms with E-state index in [1.54, 1.807) is 7.11 Å². The van der Waals surface area contributed by atoms with Gasteiger partial charge in [-0.2, -0.15) is 0 Å². The number of carbonyl (C=O) groups is 5. The Kier molecular flexibility index (Phi) is 11.5. The third-order valence-electron chi connectivity index (χ3n) is 10.7. The van der Waals surface area contributed by atoms with Crippen molar-refractivity contribution in [3.63, 3.8) is 0 Å². The van der Waals surface area contributed by atoms with Crippen molar-refractivity contribution in [2.45, 2.75) is 103 Å². The molecule has 5 atom stereocenters. The summed E-state index contributed by atoms with van der Waals surface area (Å²) >= 11 is 0. The molecule has 3 aliphatic rings. The Bertz CT molecular complexity index is 1530. The highest BCUT2D eigenvalue weighted by molar-refractivity contribution is 5.98. The smallest absolute Gasteiger partial charge is 0.310 e. The number of ether oxygens (including phenoxy) is 2. The number of rotatable bonds is 15. The lowest BCUT2D eigenvalue weighted by atomic mass is 9.79. The minimum Gasteiger partial charge on any atom is -0.497 e. The number of carboxylic acids is 1. The normalized spacial score (nSPS) is 22.8. The SMILES string of the molecule is COc1ccc(-c2ccccc2O[C@H]2CC(C(=O)[C@@H](NC(=O)[C@@H](NC(C)=O)C3CCCCC3)C(C)C)[C@H](C(=O)CC3(C(=O)O)CC3)C2)cc1. The van der Waals surface area contributed by atoms with Crippen molar-refractivity contribution in [1.82, 2.24) is 10.6 Å². The van der Waals surface area contributed by atoms with Gasteiger partial charge < -0.3 is 25.2 Å². The zero-order valence-corrected chi connectivity index (χ0v) is 29.0. The zero-order valence-electron chi connectivity index (χ0n) is 29.0. The number of ketones is 2. The first-order valence-electron chi connectivity index (χ1n) is 17.7. The Morgan fingerprint density at radius 1 is 0.898 bits per heavy atom. The second kappa shape index (κ2) is 15.6. The van der Waals surface area contributed by atoms with Crippen molar-refractivity contribution in [3.05, 3.63) is 48.5 Å². The van der Waals surface area contributed by atoms with E-state index in [0.29, 0.717) is 18.6 Å². The van der Waals surface area contributed by atoms with Crippen molar-refractivity contribution < 1.29 is 38.6 Å². The fourth-order valence-electron chi connectivity index (χ4n) is 7.72. The second-order valence-electron chi connectivity index (χ2n) is 14.6. The van der Waals surface area contributed by atoms with E-state index in [9.17, 15) is 29.1 Å². The molecule has 0 aromatic heterocycles. The Morgan fingerprint density at radius 2 is 1.55 bits per heavy atom. The molecular formula is C39H50N2O8. The quantitative estimate of drug-likeness (QED) is 0.216. The number of amides is 2. The molecule has 2 amide bonds. The number of carboxylic acid groups (broad SMARTS) is 1. The number of aliphatic carboxylic acids is 1. The highest BCUT2D eigenvalue weighted by Crippen LogP contribution is 2.51. The van der Waals surface area contributed by atoms with Crippen LogP contribution in [0.25, 0.3) is 11.1 Å². The van der Waals surface area contributed by atoms with Crippen LogP contribution >= 0.6 is 0 Å². The fraction of sp³-hybridized carbons (Fsp3) is 0.564. The molecule has 10 heteroatoms. The highest BCUT2D eigenvalue weighted by atomic mass is 16.5. The van der Waals surface area contributed by atoms with E-state index in [0.717, 1.165) is 49.0 Å². The van der Waals surface area contributed by atoms with E-state index in [1.807, 2.05) is 62.4 Å². The molecule has 10 nitrogen and oxygen atoms in total. The van der Waals surface area contributed by atoms with Crippen molar-refractivity contribution >= 4 is 29.4 Å². The Labute approximate surface area is 288 Å². The lowest BCUT2D eigenvalue weighted by molar-refractivity contribution is -0.146. The van der Waals surface area contributed by atoms with Crippen LogP contribution in [-0.2, 0) is 24.0 Å². The van der Waals surface area contributed by atoms with Gasteiger partial charge in [0.25, 0.3) is 0 Å². The Balaban J connectivity index is 1.39. The van der Waals surface area contributed by atoms with Crippen LogP contribution in [0, 0.1) is 29.1 Å². The third-order valence-corrected chi connectivity index (χ3v) is 10.7. The summed E-state index contributed by atoms with van der Waals surface area (Å²) < 4.78 is 11.9. The first-order valence-corrected chi connectivity index (χ1v) is 17.7. The van der Waals surface area contributed by atoms with E-state index in [4.69, 9.17) is 9.47 Å². The van der Waals surface area contributed by atoms with Gasteiger partial charge in [-0.1, -0.05) is 63.4 Å². The van der Waals surface area contributed by atoms with Crippen LogP contribution < -0.4 is 20.1 Å². The standard InChI is InChI=1S/C39H50N2O8/c1-23(2)34(41-37(45)35(40-24(3)42)26-10-6-5-7-11-26)36(44)31-21-28(20-30(31)32(43)22-39(18-19-39)38(46)47)49-33-13-9-8-12-29(33)25-14-16-27(48-4)17-15-25/h8-9,12-17,23,26,28,30-31,34-35H,5-7,10-11,18-22H2,1-4H3,(H,40,42)(H,41,45)(H,46,47)/t28-,30-,31?,34+,35+/m1/s1. The predicted molar refractivity (Wildman–Crippen MR) is 184 cm³/mol. The van der Waals surface area contributed by atoms with Crippen molar-refractivity contribution in [2.24, 2.45) is 29.1 Å². The minimum atomic E-state index is -1.07. The molecular weight excluding hydrogens is 624 g/mol. The average Bonchev–Trinajstić information content (AvgIpc) is 3.76. The van der Waals surface area contributed by atoms with Crippen molar-refractivity contribution in [2.75, 3.05) is 7.11 Å². The largest absolute Gasteiger partial charge is 0.497 e. The van der Waals surface area contributed by atoms with Gasteiger partial charge in [-0.25, -0.2) is 0 Å². The molecule has 1 unspecified atom stereocenters. The van der Waals surface area contributed by atoms with Gasteiger partial charge >= 0.3 is 5.97 Å². The molecule has 2 aromatic rings. The number of hydrogen-bond acceptors (Lipinski definition) is 7. The molecule has 264 valence electrons. The minimum absolute atomic E-state index is 0.0179. The monoisotopic (exact) mass is 674 g/mol. The first kappa shape index (κ1) is 36.1. The van der Waals surface area contributed by atoms with E-state index < -0.39 is 41.4 Å². The number of para-hydroxylation sites is 1. The van der Waals surface area contributed by atoms with Crippen LogP contribution in [0.4, 0.5) is 0 Å². The maximum Gasteiger partial charge on any atom is 0.310 e. The van der Waals surface area contributed by atoms with Crippen LogP contribution in [0.2, 0.25) is 0 Å². The molecule has 0 saturated heterocycles. The molecule has 0 radical (unpaired) electrons. The summed E-state index contributed by atoms with van der Waals surface area (Å²) in [5.41, 5.74) is 0.702. The van der Waals surface area contributed by atoms with Crippen LogP contribution in [0.1, 0.15) is 85.0 Å². The summed E-state index contributed by atoms with van der Waals surface area (Å²) in [7, 11) is 1.61. The average molecular weight is 675 g/mol. The Morgan fingerprint density at radius 3 is 2.14 bits per heavy atom. The fourth-order valence-corrected chi connectivity index (χ4v) is 7.72. The first-order chi connectivity index (χ1) is 23.4. The summed E-state index contributed by atoms with van der Waals surface area (Å²) in [4.78, 5) is 66.3. The second-order valence-corrected chi connectivity index (χ2v) is 14.6. The van der Waals surface area contributed by atoms with Gasteiger partial charge in [0.05, 0.1) is 18.6 Å². The molecule has 0 aliphatic heterocycles. The van der Waals surface area contributed by atoms with E-state index >= 15 is 0 Å². The van der Waals surface area contributed by atoms with E-state index in [2.05, 4.69) is 10.6 Å². The van der Waals surface area contributed by atoms with Crippen molar-refractivity contribution in [1.29, 1.82) is 0 Å². The summed E-state index contributed by atoms with van der Waals surface area (Å²) in [6.45, 7) is 5.09. The molecule has 49 heavy (non-hydrogen) atoms. The maximum absolute atomic E-state index is 14.5. The van der Waals surface area contributed by atoms with Gasteiger partial charge in [-0.05, 0) is 74.1 Å². The highest BCUT2D eigenvalue weighted by Gasteiger charge is 2.54. The van der Waals surface area contributed by atoms with Crippen molar-refractivity contribution in [3.8, 4) is 22.6 Å². The molecule has 0 bridgehead atoms. The van der Waals surface area contributed by atoms with E-state index in [1.165, 1.54) is 6.92 Å². The van der Waals surface area contributed by atoms with E-state index in [-0.39, 0.29) is 54.5 Å². The number of hydrogen-bond donors (Lipinski definition) is 3. The van der Waals surface area contributed by atoms with Gasteiger partial charge in [0.15, 0.2) is 5.78 Å². The van der Waals surface area contributed by atoms with Crippen LogP contribution in [-0.4, -0.2) is 59.8 Å². The number of benzene rings is 2. The molecule has 3 fully saturated rings. The van der Waals surface area contributed by atoms with Gasteiger partial charge in [-0.3, -0.25) is 24.0 Å². The molecule has 2 aromatic carbocycles. The molecule has 3 aliphatic carbocycles. The molecule has 0 heterocycles. The third kappa shape index (κ3) is 8.51. The summed E-state index contributed by atoms with van der Waals surface area (Å²) in [6.07, 6.45) is 5.46. The summed E-state index contributed by atoms with van der Waals surface area (Å²) in [6, 6.07) is 13.6. The number of carbonyl (C=O) groups excluding carboxylic acids is 4. The number of nitrogens with one attached hydrogen (secondary N) is 2. The zero-order chi connectivity index (χ0) is 35.3. The lowest BCUT2D eigenvalue weighted by Gasteiger charge is -2.33. The van der Waals surface area contributed by atoms with Crippen LogP contribution in [0.5, 0.6) is 11.5 Å². The summed E-state index contributed by atoms with van der Waals surface area (Å²) in [5, 5.41) is 15.7. The molecule has 0 spiro atoms.